The van der Waals surface area contributed by atoms with Gasteiger partial charge in [0.05, 0.1) is 28.3 Å². The van der Waals surface area contributed by atoms with Crippen molar-refractivity contribution in [1.82, 2.24) is 15.8 Å². The number of benzene rings is 2. The van der Waals surface area contributed by atoms with Gasteiger partial charge in [-0.1, -0.05) is 6.07 Å². The fraction of sp³-hybridized carbons (Fsp3) is 0.333. The third kappa shape index (κ3) is 4.83. The second-order valence-corrected chi connectivity index (χ2v) is 11.1. The number of halogens is 3. The number of nitrogens with one attached hydrogen (secondary N) is 3. The number of anilines is 2. The summed E-state index contributed by atoms with van der Waals surface area (Å²) >= 11 is 1.00. The maximum Gasteiger partial charge on any atom is 0.264 e. The highest BCUT2D eigenvalue weighted by Crippen LogP contribution is 2.46. The van der Waals surface area contributed by atoms with E-state index in [0.717, 1.165) is 30.4 Å². The molecule has 0 radical (unpaired) electrons. The average molecular weight is 557 g/mol. The number of hydrogen-bond donors (Lipinski definition) is 4. The molecule has 3 heterocycles. The molecule has 1 saturated heterocycles. The van der Waals surface area contributed by atoms with Gasteiger partial charge in [-0.05, 0) is 56.6 Å². The van der Waals surface area contributed by atoms with E-state index in [2.05, 4.69) is 16.3 Å². The minimum Gasteiger partial charge on any atom is -0.394 e. The van der Waals surface area contributed by atoms with Crippen molar-refractivity contribution in [2.75, 3.05) is 43.2 Å². The Hall–Kier alpha value is -3.63. The third-order valence-electron chi connectivity index (χ3n) is 6.91. The molecule has 1 amide bonds. The third-order valence-corrected chi connectivity index (χ3v) is 8.07. The van der Waals surface area contributed by atoms with Crippen LogP contribution in [-0.2, 0) is 0 Å². The summed E-state index contributed by atoms with van der Waals surface area (Å²) in [5.74, 6) is -3.29. The van der Waals surface area contributed by atoms with Crippen molar-refractivity contribution in [2.24, 2.45) is 0 Å². The van der Waals surface area contributed by atoms with Crippen LogP contribution in [0, 0.1) is 28.8 Å². The number of amides is 1. The standard InChI is InChI=1S/C27H27F3N6O2S/c1-27(2,14-37)36-24-20(33-34-36)11-18(22(29)23(24)30)25-17(15-4-5-16(13-31)19(28)10-15)12-21(39-25)26(38)35-8-3-6-32-7-9-35/h4-5,10-12,32-34,37H,3,6-9,14H2,1-2H3. The zero-order chi connectivity index (χ0) is 27.9. The summed E-state index contributed by atoms with van der Waals surface area (Å²) < 4.78 is 46.0. The van der Waals surface area contributed by atoms with E-state index in [1.807, 2.05) is 0 Å². The number of aliphatic hydroxyl groups excluding tert-OH is 1. The van der Waals surface area contributed by atoms with Gasteiger partial charge in [-0.3, -0.25) is 9.80 Å². The molecule has 2 aliphatic heterocycles. The lowest BCUT2D eigenvalue weighted by Crippen LogP contribution is -2.53. The molecule has 0 bridgehead atoms. The lowest BCUT2D eigenvalue weighted by molar-refractivity contribution is 0.0771. The topological polar surface area (TPSA) is 104 Å². The van der Waals surface area contributed by atoms with Crippen LogP contribution < -0.4 is 21.3 Å². The summed E-state index contributed by atoms with van der Waals surface area (Å²) in [6, 6.07) is 8.75. The molecular formula is C27H27F3N6O2S. The van der Waals surface area contributed by atoms with Gasteiger partial charge in [0.2, 0.25) is 0 Å². The number of carbonyl (C=O) groups is 1. The van der Waals surface area contributed by atoms with E-state index in [0.29, 0.717) is 35.6 Å². The van der Waals surface area contributed by atoms with Crippen LogP contribution in [-0.4, -0.2) is 54.2 Å². The van der Waals surface area contributed by atoms with Crippen molar-refractivity contribution >= 4 is 28.6 Å². The van der Waals surface area contributed by atoms with Gasteiger partial charge in [-0.15, -0.1) is 16.9 Å². The molecule has 2 aromatic carbocycles. The van der Waals surface area contributed by atoms with Crippen LogP contribution in [0.1, 0.15) is 35.5 Å². The Morgan fingerprint density at radius 1 is 1.13 bits per heavy atom. The van der Waals surface area contributed by atoms with Crippen LogP contribution in [0.4, 0.5) is 24.5 Å². The molecule has 39 heavy (non-hydrogen) atoms. The zero-order valence-corrected chi connectivity index (χ0v) is 22.2. The number of thiophene rings is 1. The fourth-order valence-corrected chi connectivity index (χ4v) is 5.84. The van der Waals surface area contributed by atoms with E-state index in [-0.39, 0.29) is 39.9 Å². The monoisotopic (exact) mass is 556 g/mol. The van der Waals surface area contributed by atoms with Gasteiger partial charge in [-0.25, -0.2) is 13.2 Å². The summed E-state index contributed by atoms with van der Waals surface area (Å²) in [5, 5.41) is 23.5. The summed E-state index contributed by atoms with van der Waals surface area (Å²) in [7, 11) is 0. The van der Waals surface area contributed by atoms with Crippen LogP contribution >= 0.6 is 11.3 Å². The Kier molecular flexibility index (Phi) is 7.26. The SMILES string of the molecule is CC(C)(CO)N1NNc2cc(-c3sc(C(=O)N4CCCNCC4)cc3-c3ccc(C#N)c(F)c3)c(F)c(F)c21. The van der Waals surface area contributed by atoms with Crippen molar-refractivity contribution in [2.45, 2.75) is 25.8 Å². The first-order chi connectivity index (χ1) is 18.7. The number of hydrazine groups is 2. The van der Waals surface area contributed by atoms with Crippen LogP contribution in [0.2, 0.25) is 0 Å². The smallest absolute Gasteiger partial charge is 0.264 e. The number of aliphatic hydroxyl groups is 1. The number of fused-ring (bicyclic) bond motifs is 1. The fourth-order valence-electron chi connectivity index (χ4n) is 4.68. The Labute approximate surface area is 227 Å². The lowest BCUT2D eigenvalue weighted by Gasteiger charge is -2.34. The van der Waals surface area contributed by atoms with E-state index >= 15 is 8.78 Å². The van der Waals surface area contributed by atoms with Gasteiger partial charge in [0.15, 0.2) is 11.6 Å². The first-order valence-corrected chi connectivity index (χ1v) is 13.3. The van der Waals surface area contributed by atoms with Crippen LogP contribution in [0.25, 0.3) is 21.6 Å². The Morgan fingerprint density at radius 2 is 1.92 bits per heavy atom. The van der Waals surface area contributed by atoms with Crippen LogP contribution in [0.15, 0.2) is 30.3 Å². The van der Waals surface area contributed by atoms with Gasteiger partial charge in [-0.2, -0.15) is 5.26 Å². The molecule has 0 atom stereocenters. The number of rotatable bonds is 5. The average Bonchev–Trinajstić information content (AvgIpc) is 3.47. The normalized spacial score (nSPS) is 15.5. The molecule has 2 aliphatic rings. The van der Waals surface area contributed by atoms with Crippen molar-refractivity contribution in [3.8, 4) is 27.6 Å². The van der Waals surface area contributed by atoms with E-state index < -0.39 is 23.0 Å². The molecule has 0 saturated carbocycles. The summed E-state index contributed by atoms with van der Waals surface area (Å²) in [6.45, 7) is 5.47. The van der Waals surface area contributed by atoms with E-state index in [4.69, 9.17) is 5.26 Å². The molecule has 204 valence electrons. The molecule has 12 heteroatoms. The molecular weight excluding hydrogens is 529 g/mol. The van der Waals surface area contributed by atoms with Gasteiger partial charge in [0.25, 0.3) is 5.91 Å². The van der Waals surface area contributed by atoms with Crippen molar-refractivity contribution in [1.29, 1.82) is 5.26 Å². The zero-order valence-electron chi connectivity index (χ0n) is 21.4. The van der Waals surface area contributed by atoms with E-state index in [1.165, 1.54) is 23.2 Å². The molecule has 1 fully saturated rings. The van der Waals surface area contributed by atoms with Crippen molar-refractivity contribution in [3.05, 3.63) is 58.2 Å². The summed E-state index contributed by atoms with van der Waals surface area (Å²) in [4.78, 5) is 15.7. The molecule has 0 unspecified atom stereocenters. The summed E-state index contributed by atoms with van der Waals surface area (Å²) in [6.07, 6.45) is 0.779. The second-order valence-electron chi connectivity index (χ2n) is 10.0. The minimum atomic E-state index is -1.15. The highest BCUT2D eigenvalue weighted by atomic mass is 32.1. The highest BCUT2D eigenvalue weighted by Gasteiger charge is 2.37. The van der Waals surface area contributed by atoms with Crippen molar-refractivity contribution < 1.29 is 23.1 Å². The molecule has 8 nitrogen and oxygen atoms in total. The number of carbonyl (C=O) groups excluding carboxylic acids is 1. The number of nitrogens with zero attached hydrogens (tertiary/aromatic N) is 3. The molecule has 0 spiro atoms. The van der Waals surface area contributed by atoms with Gasteiger partial charge in [0.1, 0.15) is 17.6 Å². The highest BCUT2D eigenvalue weighted by molar-refractivity contribution is 7.18. The van der Waals surface area contributed by atoms with Crippen LogP contribution in [0.5, 0.6) is 0 Å². The van der Waals surface area contributed by atoms with Gasteiger partial charge in [0, 0.05) is 35.6 Å². The van der Waals surface area contributed by atoms with Gasteiger partial charge < -0.3 is 20.7 Å². The Bertz CT molecular complexity index is 1480. The quantitative estimate of drug-likeness (QED) is 0.373. The predicted molar refractivity (Wildman–Crippen MR) is 144 cm³/mol. The number of hydrogen-bond acceptors (Lipinski definition) is 8. The Balaban J connectivity index is 1.66. The maximum absolute atomic E-state index is 15.8. The van der Waals surface area contributed by atoms with Gasteiger partial charge >= 0.3 is 0 Å². The Morgan fingerprint density at radius 3 is 2.64 bits per heavy atom. The molecule has 0 aliphatic carbocycles. The maximum atomic E-state index is 15.8. The van der Waals surface area contributed by atoms with E-state index in [9.17, 15) is 14.3 Å². The van der Waals surface area contributed by atoms with Crippen LogP contribution in [0.3, 0.4) is 0 Å². The second kappa shape index (κ2) is 10.5. The molecule has 5 rings (SSSR count). The van der Waals surface area contributed by atoms with E-state index in [1.54, 1.807) is 30.9 Å². The number of nitriles is 1. The minimum absolute atomic E-state index is 0.0915. The lowest BCUT2D eigenvalue weighted by atomic mass is 9.99. The largest absolute Gasteiger partial charge is 0.394 e. The first kappa shape index (κ1) is 27.0. The molecule has 1 aromatic heterocycles. The molecule has 3 aromatic rings. The molecule has 4 N–H and O–H groups in total. The predicted octanol–water partition coefficient (Wildman–Crippen LogP) is 4.23. The van der Waals surface area contributed by atoms with Crippen molar-refractivity contribution in [3.63, 3.8) is 0 Å². The first-order valence-electron chi connectivity index (χ1n) is 12.4. The summed E-state index contributed by atoms with van der Waals surface area (Å²) in [5.41, 5.74) is 5.20.